The molecule has 0 aromatic carbocycles. The van der Waals surface area contributed by atoms with Crippen LogP contribution >= 0.6 is 0 Å². The molecule has 40 valence electrons. The molecule has 0 fully saturated rings. The average Bonchev–Trinajstić information content (AvgIpc) is 1.68. The Morgan fingerprint density at radius 3 is 2.43 bits per heavy atom. The van der Waals surface area contributed by atoms with E-state index in [0.29, 0.717) is 6.42 Å². The number of nitrogens with one attached hydrogen (secondary N) is 2. The van der Waals surface area contributed by atoms with Gasteiger partial charge >= 0.3 is 0 Å². The molecule has 0 aliphatic rings. The minimum atomic E-state index is 0.169. The molecule has 0 saturated heterocycles. The van der Waals surface area contributed by atoms with E-state index in [1.807, 2.05) is 6.92 Å². The maximum Gasteiger partial charge on any atom is 0.142 e. The van der Waals surface area contributed by atoms with Crippen LogP contribution in [0, 0.1) is 10.9 Å². The van der Waals surface area contributed by atoms with Gasteiger partial charge in [-0.15, -0.1) is 5.11 Å². The molecule has 0 spiro atoms. The average molecular weight is 99.1 g/mol. The molecule has 3 nitrogen and oxygen atoms in total. The van der Waals surface area contributed by atoms with Crippen molar-refractivity contribution in [2.24, 2.45) is 5.11 Å². The van der Waals surface area contributed by atoms with E-state index in [4.69, 9.17) is 10.9 Å². The van der Waals surface area contributed by atoms with Crippen LogP contribution < -0.4 is 0 Å². The normalized spacial score (nSPS) is 8.14. The molecule has 0 aliphatic carbocycles. The van der Waals surface area contributed by atoms with Crippen molar-refractivity contribution in [3.63, 3.8) is 0 Å². The van der Waals surface area contributed by atoms with Gasteiger partial charge in [0.1, 0.15) is 5.84 Å². The summed E-state index contributed by atoms with van der Waals surface area (Å²) >= 11 is 0. The van der Waals surface area contributed by atoms with Crippen molar-refractivity contribution in [2.45, 2.75) is 19.8 Å². The largest absolute Gasteiger partial charge is 0.285 e. The third-order valence-electron chi connectivity index (χ3n) is 0.622. The molecule has 0 unspecified atom stereocenters. The molecule has 0 aliphatic heterocycles. The van der Waals surface area contributed by atoms with Crippen molar-refractivity contribution in [1.29, 1.82) is 10.9 Å². The van der Waals surface area contributed by atoms with E-state index in [2.05, 4.69) is 5.11 Å². The number of rotatable bonds is 2. The molecule has 0 aromatic heterocycles. The number of hydrogen-bond acceptors (Lipinski definition) is 2. The summed E-state index contributed by atoms with van der Waals surface area (Å²) in [6.45, 7) is 1.96. The van der Waals surface area contributed by atoms with Crippen molar-refractivity contribution in [2.75, 3.05) is 0 Å². The lowest BCUT2D eigenvalue weighted by molar-refractivity contribution is 0.954. The standard InChI is InChI=1S/C4H9N3/c1-2-3-4(5)7-6/h5-6H,2-3H2,1H3. The molecule has 7 heavy (non-hydrogen) atoms. The second kappa shape index (κ2) is 3.46. The van der Waals surface area contributed by atoms with Gasteiger partial charge in [-0.1, -0.05) is 6.92 Å². The fourth-order valence-electron chi connectivity index (χ4n) is 0.293. The highest BCUT2D eigenvalue weighted by Gasteiger charge is 1.85. The van der Waals surface area contributed by atoms with Crippen LogP contribution in [-0.4, -0.2) is 5.84 Å². The summed E-state index contributed by atoms with van der Waals surface area (Å²) in [5.41, 5.74) is 6.31. The zero-order valence-corrected chi connectivity index (χ0v) is 4.36. The fourth-order valence-corrected chi connectivity index (χ4v) is 0.293. The molecule has 0 atom stereocenters. The molecule has 0 rings (SSSR count). The molecule has 2 N–H and O–H groups in total. The first-order chi connectivity index (χ1) is 3.31. The summed E-state index contributed by atoms with van der Waals surface area (Å²) in [6.07, 6.45) is 1.53. The minimum absolute atomic E-state index is 0.169. The monoisotopic (exact) mass is 99.1 g/mol. The summed E-state index contributed by atoms with van der Waals surface area (Å²) in [6, 6.07) is 0. The van der Waals surface area contributed by atoms with Gasteiger partial charge in [0.25, 0.3) is 0 Å². The highest BCUT2D eigenvalue weighted by Crippen LogP contribution is 1.88. The Labute approximate surface area is 42.8 Å². The Bertz CT molecular complexity index is 77.0. The highest BCUT2D eigenvalue weighted by atomic mass is 15.0. The zero-order valence-electron chi connectivity index (χ0n) is 4.36. The second-order valence-electron chi connectivity index (χ2n) is 1.31. The fraction of sp³-hybridized carbons (Fsp3) is 0.750. The smallest absolute Gasteiger partial charge is 0.142 e. The van der Waals surface area contributed by atoms with Gasteiger partial charge in [-0.3, -0.25) is 5.41 Å². The van der Waals surface area contributed by atoms with Gasteiger partial charge in [0.2, 0.25) is 0 Å². The topological polar surface area (TPSA) is 60.1 Å². The predicted octanol–water partition coefficient (Wildman–Crippen LogP) is 1.79. The van der Waals surface area contributed by atoms with Crippen LogP contribution in [0.3, 0.4) is 0 Å². The molecule has 3 heteroatoms. The van der Waals surface area contributed by atoms with Crippen LogP contribution in [0.25, 0.3) is 0 Å². The van der Waals surface area contributed by atoms with Crippen molar-refractivity contribution >= 4 is 5.84 Å². The maximum atomic E-state index is 6.78. The lowest BCUT2D eigenvalue weighted by Gasteiger charge is -1.85. The Morgan fingerprint density at radius 2 is 2.29 bits per heavy atom. The Balaban J connectivity index is 3.17. The van der Waals surface area contributed by atoms with Gasteiger partial charge in [0.05, 0.1) is 0 Å². The van der Waals surface area contributed by atoms with Gasteiger partial charge in [-0.25, -0.2) is 5.53 Å². The van der Waals surface area contributed by atoms with Gasteiger partial charge in [-0.05, 0) is 6.42 Å². The maximum absolute atomic E-state index is 6.78. The van der Waals surface area contributed by atoms with E-state index in [0.717, 1.165) is 6.42 Å². The third kappa shape index (κ3) is 3.09. The van der Waals surface area contributed by atoms with E-state index in [1.54, 1.807) is 0 Å². The summed E-state index contributed by atoms with van der Waals surface area (Å²) in [5, 5.41) is 9.69. The third-order valence-corrected chi connectivity index (χ3v) is 0.622. The van der Waals surface area contributed by atoms with E-state index < -0.39 is 0 Å². The summed E-state index contributed by atoms with van der Waals surface area (Å²) in [4.78, 5) is 0. The van der Waals surface area contributed by atoms with Crippen LogP contribution in [0.1, 0.15) is 19.8 Å². The number of hydrogen-bond donors (Lipinski definition) is 2. The molecule has 0 aromatic rings. The van der Waals surface area contributed by atoms with Crippen LogP contribution in [0.5, 0.6) is 0 Å². The van der Waals surface area contributed by atoms with E-state index in [1.165, 1.54) is 0 Å². The molecule has 0 saturated carbocycles. The van der Waals surface area contributed by atoms with Crippen LogP contribution in [-0.2, 0) is 0 Å². The van der Waals surface area contributed by atoms with Crippen LogP contribution in [0.15, 0.2) is 5.11 Å². The first-order valence-electron chi connectivity index (χ1n) is 2.26. The first kappa shape index (κ1) is 6.27. The van der Waals surface area contributed by atoms with E-state index in [-0.39, 0.29) is 5.84 Å². The quantitative estimate of drug-likeness (QED) is 0.301. The Hall–Kier alpha value is -0.730. The van der Waals surface area contributed by atoms with Gasteiger partial charge < -0.3 is 0 Å². The Morgan fingerprint density at radius 1 is 1.71 bits per heavy atom. The van der Waals surface area contributed by atoms with Crippen molar-refractivity contribution < 1.29 is 0 Å². The van der Waals surface area contributed by atoms with Crippen molar-refractivity contribution in [1.82, 2.24) is 0 Å². The predicted molar refractivity (Wildman–Crippen MR) is 27.8 cm³/mol. The zero-order chi connectivity index (χ0) is 5.70. The lowest BCUT2D eigenvalue weighted by atomic mass is 10.3. The number of amidine groups is 1. The molecular weight excluding hydrogens is 90.1 g/mol. The van der Waals surface area contributed by atoms with Crippen molar-refractivity contribution in [3.8, 4) is 0 Å². The minimum Gasteiger partial charge on any atom is -0.285 e. The molecule has 0 bridgehead atoms. The second-order valence-corrected chi connectivity index (χ2v) is 1.31. The molecule has 0 heterocycles. The highest BCUT2D eigenvalue weighted by molar-refractivity contribution is 5.78. The van der Waals surface area contributed by atoms with Crippen molar-refractivity contribution in [3.05, 3.63) is 0 Å². The number of nitrogens with zero attached hydrogens (tertiary/aromatic N) is 1. The van der Waals surface area contributed by atoms with E-state index in [9.17, 15) is 0 Å². The van der Waals surface area contributed by atoms with Gasteiger partial charge in [0, 0.05) is 6.42 Å². The molecule has 0 amide bonds. The molecular formula is C4H9N3. The Kier molecular flexibility index (Phi) is 3.10. The summed E-state index contributed by atoms with van der Waals surface area (Å²) < 4.78 is 0. The van der Waals surface area contributed by atoms with Crippen LogP contribution in [0.4, 0.5) is 0 Å². The van der Waals surface area contributed by atoms with Crippen LogP contribution in [0.2, 0.25) is 0 Å². The summed E-state index contributed by atoms with van der Waals surface area (Å²) in [7, 11) is 0. The molecule has 0 radical (unpaired) electrons. The van der Waals surface area contributed by atoms with Gasteiger partial charge in [-0.2, -0.15) is 0 Å². The van der Waals surface area contributed by atoms with E-state index >= 15 is 0 Å². The summed E-state index contributed by atoms with van der Waals surface area (Å²) in [5.74, 6) is 0.169. The SMILES string of the molecule is CCCC(=N)N=N. The van der Waals surface area contributed by atoms with Gasteiger partial charge in [0.15, 0.2) is 0 Å². The first-order valence-corrected chi connectivity index (χ1v) is 2.26. The lowest BCUT2D eigenvalue weighted by Crippen LogP contribution is -1.85.